The highest BCUT2D eigenvalue weighted by molar-refractivity contribution is 9.09. The fourth-order valence-corrected chi connectivity index (χ4v) is 3.39. The molecular weight excluding hydrogens is 648 g/mol. The summed E-state index contributed by atoms with van der Waals surface area (Å²) >= 11 is 3.30. The van der Waals surface area contributed by atoms with Crippen molar-refractivity contribution in [3.05, 3.63) is 0 Å². The lowest BCUT2D eigenvalue weighted by Gasteiger charge is -2.09. The Morgan fingerprint density at radius 3 is 0.886 bits per heavy atom. The third-order valence-corrected chi connectivity index (χ3v) is 5.74. The fourth-order valence-electron chi connectivity index (χ4n) is 3.16. The molecule has 13 nitrogen and oxygen atoms in total. The van der Waals surface area contributed by atoms with E-state index in [1.165, 1.54) is 0 Å². The fraction of sp³-hybridized carbons (Fsp3) is 0.967. The number of unbranched alkanes of at least 4 members (excludes halogenated alkanes) is 2. The van der Waals surface area contributed by atoms with Gasteiger partial charge < -0.3 is 56.8 Å². The van der Waals surface area contributed by atoms with E-state index in [1.54, 1.807) is 0 Å². The molecule has 0 aromatic rings. The lowest BCUT2D eigenvalue weighted by Crippen LogP contribution is -2.15. The number of alkyl halides is 1. The molecule has 0 saturated heterocycles. The Bertz CT molecular complexity index is 549. The summed E-state index contributed by atoms with van der Waals surface area (Å²) in [6, 6.07) is 0. The lowest BCUT2D eigenvalue weighted by molar-refractivity contribution is -0.145. The molecule has 0 aromatic carbocycles. The summed E-state index contributed by atoms with van der Waals surface area (Å²) in [4.78, 5) is 11.4. The number of carbonyl (C=O) groups excluding carboxylic acids is 1. The third-order valence-electron chi connectivity index (χ3n) is 5.42. The van der Waals surface area contributed by atoms with Crippen LogP contribution in [0.4, 0.5) is 0 Å². The number of carbonyl (C=O) groups is 1. The largest absolute Gasteiger partial charge is 0.463 e. The summed E-state index contributed by atoms with van der Waals surface area (Å²) in [6.45, 7) is 13.7. The first kappa shape index (κ1) is 43.5. The molecule has 0 amide bonds. The van der Waals surface area contributed by atoms with Crippen LogP contribution in [0, 0.1) is 0 Å². The van der Waals surface area contributed by atoms with E-state index in [-0.39, 0.29) is 12.6 Å². The van der Waals surface area contributed by atoms with Gasteiger partial charge in [-0.25, -0.2) is 0 Å². The van der Waals surface area contributed by atoms with E-state index in [0.29, 0.717) is 152 Å². The van der Waals surface area contributed by atoms with Gasteiger partial charge in [0, 0.05) is 11.8 Å². The summed E-state index contributed by atoms with van der Waals surface area (Å²) in [7, 11) is 0. The molecular formula is C30H59BrO13. The van der Waals surface area contributed by atoms with Crippen LogP contribution in [0.3, 0.4) is 0 Å². The smallest absolute Gasteiger partial charge is 0.305 e. The Hall–Kier alpha value is -0.490. The van der Waals surface area contributed by atoms with Crippen LogP contribution < -0.4 is 0 Å². The van der Waals surface area contributed by atoms with E-state index in [4.69, 9.17) is 56.8 Å². The molecule has 0 fully saturated rings. The molecule has 0 aliphatic rings. The van der Waals surface area contributed by atoms with Crippen LogP contribution in [0.2, 0.25) is 0 Å². The molecule has 44 heavy (non-hydrogen) atoms. The van der Waals surface area contributed by atoms with Crippen molar-refractivity contribution in [1.29, 1.82) is 0 Å². The molecule has 0 bridgehead atoms. The molecule has 0 heterocycles. The second kappa shape index (κ2) is 40.5. The van der Waals surface area contributed by atoms with Gasteiger partial charge in [0.2, 0.25) is 0 Å². The van der Waals surface area contributed by atoms with Crippen molar-refractivity contribution in [1.82, 2.24) is 0 Å². The van der Waals surface area contributed by atoms with Crippen molar-refractivity contribution in [2.75, 3.05) is 157 Å². The predicted molar refractivity (Wildman–Crippen MR) is 168 cm³/mol. The van der Waals surface area contributed by atoms with Crippen LogP contribution >= 0.6 is 15.9 Å². The van der Waals surface area contributed by atoms with Gasteiger partial charge in [-0.1, -0.05) is 35.7 Å². The van der Waals surface area contributed by atoms with Crippen LogP contribution in [0.1, 0.15) is 32.6 Å². The molecule has 0 saturated carbocycles. The zero-order valence-corrected chi connectivity index (χ0v) is 28.6. The number of esters is 1. The van der Waals surface area contributed by atoms with Crippen molar-refractivity contribution in [3.8, 4) is 0 Å². The minimum atomic E-state index is -0.159. The second-order valence-electron chi connectivity index (χ2n) is 9.10. The molecule has 0 rings (SSSR count). The Morgan fingerprint density at radius 2 is 0.636 bits per heavy atom. The number of hydrogen-bond acceptors (Lipinski definition) is 13. The first-order chi connectivity index (χ1) is 21.8. The molecule has 14 heteroatoms. The second-order valence-corrected chi connectivity index (χ2v) is 9.90. The van der Waals surface area contributed by atoms with Gasteiger partial charge in [-0.2, -0.15) is 0 Å². The standard InChI is InChI=1S/C30H59BrO13/c1-2-3-4-5-30(32)44-29-28-43-27-26-42-25-24-41-23-22-40-21-20-39-19-18-38-17-16-37-15-14-36-13-12-35-11-10-34-9-8-33-7-6-31/h2-29H2,1H3. The quantitative estimate of drug-likeness (QED) is 0.0529. The maximum absolute atomic E-state index is 11.4. The van der Waals surface area contributed by atoms with Gasteiger partial charge in [0.15, 0.2) is 0 Å². The summed E-state index contributed by atoms with van der Waals surface area (Å²) in [6.07, 6.45) is 3.50. The van der Waals surface area contributed by atoms with Gasteiger partial charge in [0.1, 0.15) is 6.61 Å². The van der Waals surface area contributed by atoms with E-state index in [9.17, 15) is 4.79 Å². The maximum Gasteiger partial charge on any atom is 0.305 e. The topological polar surface area (TPSA) is 128 Å². The predicted octanol–water partition coefficient (Wildman–Crippen LogP) is 2.69. The van der Waals surface area contributed by atoms with E-state index < -0.39 is 0 Å². The van der Waals surface area contributed by atoms with Gasteiger partial charge in [-0.05, 0) is 6.42 Å². The van der Waals surface area contributed by atoms with E-state index >= 15 is 0 Å². The highest BCUT2D eigenvalue weighted by Crippen LogP contribution is 2.00. The molecule has 0 radical (unpaired) electrons. The molecule has 0 aliphatic carbocycles. The Labute approximate surface area is 273 Å². The molecule has 0 unspecified atom stereocenters. The van der Waals surface area contributed by atoms with Gasteiger partial charge in [-0.15, -0.1) is 0 Å². The molecule has 0 aliphatic heterocycles. The Kier molecular flexibility index (Phi) is 40.1. The maximum atomic E-state index is 11.4. The number of ether oxygens (including phenoxy) is 12. The summed E-state index contributed by atoms with van der Waals surface area (Å²) in [5.74, 6) is -0.159. The minimum Gasteiger partial charge on any atom is -0.463 e. The average Bonchev–Trinajstić information content (AvgIpc) is 3.03. The van der Waals surface area contributed by atoms with Crippen LogP contribution in [-0.4, -0.2) is 163 Å². The van der Waals surface area contributed by atoms with E-state index in [2.05, 4.69) is 22.9 Å². The van der Waals surface area contributed by atoms with Crippen molar-refractivity contribution < 1.29 is 61.6 Å². The minimum absolute atomic E-state index is 0.159. The van der Waals surface area contributed by atoms with E-state index in [1.807, 2.05) is 0 Å². The first-order valence-corrected chi connectivity index (χ1v) is 17.0. The molecule has 264 valence electrons. The van der Waals surface area contributed by atoms with Gasteiger partial charge >= 0.3 is 5.97 Å². The lowest BCUT2D eigenvalue weighted by atomic mass is 10.2. The summed E-state index contributed by atoms with van der Waals surface area (Å²) in [5.41, 5.74) is 0. The van der Waals surface area contributed by atoms with Gasteiger partial charge in [0.25, 0.3) is 0 Å². The summed E-state index contributed by atoms with van der Waals surface area (Å²) in [5, 5.41) is 0.836. The molecule has 0 N–H and O–H groups in total. The number of rotatable bonds is 39. The van der Waals surface area contributed by atoms with E-state index in [0.717, 1.165) is 24.6 Å². The van der Waals surface area contributed by atoms with Crippen molar-refractivity contribution >= 4 is 21.9 Å². The zero-order chi connectivity index (χ0) is 31.9. The van der Waals surface area contributed by atoms with Crippen LogP contribution in [0.5, 0.6) is 0 Å². The SMILES string of the molecule is CCCCCC(=O)OCCOCCOCCOCCOCCOCCOCCOCCOCCOCCOCCOCCBr. The van der Waals surface area contributed by atoms with Crippen molar-refractivity contribution in [2.24, 2.45) is 0 Å². The number of hydrogen-bond donors (Lipinski definition) is 0. The Morgan fingerprint density at radius 1 is 0.386 bits per heavy atom. The average molecular weight is 708 g/mol. The number of halogens is 1. The zero-order valence-electron chi connectivity index (χ0n) is 27.0. The summed E-state index contributed by atoms with van der Waals surface area (Å²) < 4.78 is 64.8. The van der Waals surface area contributed by atoms with Gasteiger partial charge in [0.05, 0.1) is 145 Å². The van der Waals surface area contributed by atoms with Crippen molar-refractivity contribution in [2.45, 2.75) is 32.6 Å². The molecule has 0 spiro atoms. The Balaban J connectivity index is 3.07. The van der Waals surface area contributed by atoms with Crippen LogP contribution in [0.25, 0.3) is 0 Å². The first-order valence-electron chi connectivity index (χ1n) is 15.9. The normalized spacial score (nSPS) is 11.4. The van der Waals surface area contributed by atoms with Crippen molar-refractivity contribution in [3.63, 3.8) is 0 Å². The monoisotopic (exact) mass is 706 g/mol. The van der Waals surface area contributed by atoms with Gasteiger partial charge in [-0.3, -0.25) is 4.79 Å². The van der Waals surface area contributed by atoms with Crippen LogP contribution in [0.15, 0.2) is 0 Å². The van der Waals surface area contributed by atoms with Crippen LogP contribution in [-0.2, 0) is 61.6 Å². The highest BCUT2D eigenvalue weighted by Gasteiger charge is 2.02. The highest BCUT2D eigenvalue weighted by atomic mass is 79.9. The third kappa shape index (κ3) is 39.5. The molecule has 0 atom stereocenters. The molecule has 0 aromatic heterocycles.